The zero-order chi connectivity index (χ0) is 9.84. The van der Waals surface area contributed by atoms with Crippen LogP contribution >= 0.6 is 0 Å². The third kappa shape index (κ3) is 4.12. The molecule has 1 saturated carbocycles. The standard InChI is InChI=1S/C12H25N/c1-9(2)7-13-8-10(3)11(4)12-5-6-12/h9-13H,5-8H2,1-4H3. The smallest absolute Gasteiger partial charge is 0.00204 e. The maximum Gasteiger partial charge on any atom is -0.00204 e. The molecule has 1 rings (SSSR count). The van der Waals surface area contributed by atoms with Crippen molar-refractivity contribution in [3.63, 3.8) is 0 Å². The quantitative estimate of drug-likeness (QED) is 0.667. The molecular formula is C12H25N. The lowest BCUT2D eigenvalue weighted by atomic mass is 9.91. The van der Waals surface area contributed by atoms with Crippen LogP contribution in [0.1, 0.15) is 40.5 Å². The van der Waals surface area contributed by atoms with E-state index < -0.39 is 0 Å². The van der Waals surface area contributed by atoms with Gasteiger partial charge in [0.05, 0.1) is 0 Å². The summed E-state index contributed by atoms with van der Waals surface area (Å²) >= 11 is 0. The number of nitrogens with one attached hydrogen (secondary N) is 1. The molecule has 1 aliphatic carbocycles. The second-order valence-electron chi connectivity index (χ2n) is 5.23. The van der Waals surface area contributed by atoms with E-state index in [-0.39, 0.29) is 0 Å². The van der Waals surface area contributed by atoms with Gasteiger partial charge in [0.1, 0.15) is 0 Å². The van der Waals surface area contributed by atoms with Gasteiger partial charge in [-0.25, -0.2) is 0 Å². The van der Waals surface area contributed by atoms with Crippen LogP contribution in [0.3, 0.4) is 0 Å². The van der Waals surface area contributed by atoms with E-state index in [9.17, 15) is 0 Å². The van der Waals surface area contributed by atoms with Gasteiger partial charge >= 0.3 is 0 Å². The SMILES string of the molecule is CC(C)CNCC(C)C(C)C1CC1. The highest BCUT2D eigenvalue weighted by atomic mass is 14.9. The van der Waals surface area contributed by atoms with E-state index in [1.54, 1.807) is 0 Å². The largest absolute Gasteiger partial charge is 0.316 e. The van der Waals surface area contributed by atoms with Gasteiger partial charge in [-0.3, -0.25) is 0 Å². The zero-order valence-corrected chi connectivity index (χ0v) is 9.64. The van der Waals surface area contributed by atoms with Gasteiger partial charge in [-0.15, -0.1) is 0 Å². The predicted molar refractivity (Wildman–Crippen MR) is 58.8 cm³/mol. The predicted octanol–water partition coefficient (Wildman–Crippen LogP) is 2.91. The van der Waals surface area contributed by atoms with Gasteiger partial charge < -0.3 is 5.32 Å². The molecule has 2 unspecified atom stereocenters. The van der Waals surface area contributed by atoms with E-state index >= 15 is 0 Å². The van der Waals surface area contributed by atoms with Crippen molar-refractivity contribution in [3.05, 3.63) is 0 Å². The molecule has 0 aromatic carbocycles. The minimum absolute atomic E-state index is 0.781. The Labute approximate surface area is 83.3 Å². The van der Waals surface area contributed by atoms with Crippen LogP contribution in [0.2, 0.25) is 0 Å². The van der Waals surface area contributed by atoms with Crippen LogP contribution in [0.25, 0.3) is 0 Å². The molecule has 1 fully saturated rings. The molecule has 1 heteroatoms. The van der Waals surface area contributed by atoms with E-state index in [4.69, 9.17) is 0 Å². The normalized spacial score (nSPS) is 21.9. The first-order valence-electron chi connectivity index (χ1n) is 5.82. The van der Waals surface area contributed by atoms with Crippen LogP contribution in [0.4, 0.5) is 0 Å². The first-order chi connectivity index (χ1) is 6.11. The molecule has 1 aliphatic rings. The average Bonchev–Trinajstić information content (AvgIpc) is 2.84. The summed E-state index contributed by atoms with van der Waals surface area (Å²) in [5.41, 5.74) is 0. The molecule has 0 bridgehead atoms. The lowest BCUT2D eigenvalue weighted by molar-refractivity contribution is 0.326. The molecule has 1 N–H and O–H groups in total. The van der Waals surface area contributed by atoms with Gasteiger partial charge in [-0.1, -0.05) is 27.7 Å². The molecule has 0 saturated heterocycles. The Balaban J connectivity index is 2.05. The van der Waals surface area contributed by atoms with Crippen LogP contribution in [0.5, 0.6) is 0 Å². The summed E-state index contributed by atoms with van der Waals surface area (Å²) in [5, 5.41) is 3.55. The summed E-state index contributed by atoms with van der Waals surface area (Å²) in [5.74, 6) is 3.62. The highest BCUT2D eigenvalue weighted by Crippen LogP contribution is 2.39. The van der Waals surface area contributed by atoms with Crippen molar-refractivity contribution in [1.82, 2.24) is 5.32 Å². The zero-order valence-electron chi connectivity index (χ0n) is 9.64. The van der Waals surface area contributed by atoms with E-state index in [1.807, 2.05) is 0 Å². The maximum atomic E-state index is 3.55. The van der Waals surface area contributed by atoms with Crippen molar-refractivity contribution in [1.29, 1.82) is 0 Å². The Bertz CT molecular complexity index is 138. The summed E-state index contributed by atoms with van der Waals surface area (Å²) in [6, 6.07) is 0. The molecule has 13 heavy (non-hydrogen) atoms. The van der Waals surface area contributed by atoms with Gasteiger partial charge in [-0.05, 0) is 49.6 Å². The minimum Gasteiger partial charge on any atom is -0.316 e. The maximum absolute atomic E-state index is 3.55. The van der Waals surface area contributed by atoms with Crippen LogP contribution in [0.15, 0.2) is 0 Å². The van der Waals surface area contributed by atoms with Gasteiger partial charge in [0, 0.05) is 0 Å². The summed E-state index contributed by atoms with van der Waals surface area (Å²) in [6.07, 6.45) is 2.96. The fraction of sp³-hybridized carbons (Fsp3) is 1.00. The first kappa shape index (κ1) is 11.0. The van der Waals surface area contributed by atoms with Crippen LogP contribution in [0, 0.1) is 23.7 Å². The van der Waals surface area contributed by atoms with Gasteiger partial charge in [0.25, 0.3) is 0 Å². The highest BCUT2D eigenvalue weighted by Gasteiger charge is 2.30. The average molecular weight is 183 g/mol. The van der Waals surface area contributed by atoms with Gasteiger partial charge in [-0.2, -0.15) is 0 Å². The molecule has 0 aromatic rings. The number of hydrogen-bond acceptors (Lipinski definition) is 1. The van der Waals surface area contributed by atoms with Crippen molar-refractivity contribution < 1.29 is 0 Å². The van der Waals surface area contributed by atoms with Crippen molar-refractivity contribution in [2.75, 3.05) is 13.1 Å². The summed E-state index contributed by atoms with van der Waals surface area (Å²) in [6.45, 7) is 11.7. The van der Waals surface area contributed by atoms with E-state index in [2.05, 4.69) is 33.0 Å². The van der Waals surface area contributed by atoms with Crippen molar-refractivity contribution in [3.8, 4) is 0 Å². The Morgan fingerprint density at radius 2 is 1.69 bits per heavy atom. The Morgan fingerprint density at radius 1 is 1.08 bits per heavy atom. The van der Waals surface area contributed by atoms with E-state index in [0.717, 1.165) is 23.7 Å². The van der Waals surface area contributed by atoms with E-state index in [1.165, 1.54) is 25.9 Å². The Kier molecular flexibility index (Phi) is 4.24. The molecule has 0 amide bonds. The van der Waals surface area contributed by atoms with Gasteiger partial charge in [0.15, 0.2) is 0 Å². The molecule has 1 nitrogen and oxygen atoms in total. The van der Waals surface area contributed by atoms with Crippen molar-refractivity contribution in [2.45, 2.75) is 40.5 Å². The third-order valence-electron chi connectivity index (χ3n) is 3.28. The van der Waals surface area contributed by atoms with E-state index in [0.29, 0.717) is 0 Å². The molecule has 2 atom stereocenters. The number of hydrogen-bond donors (Lipinski definition) is 1. The minimum atomic E-state index is 0.781. The van der Waals surface area contributed by atoms with Gasteiger partial charge in [0.2, 0.25) is 0 Å². The molecule has 0 radical (unpaired) electrons. The van der Waals surface area contributed by atoms with Crippen molar-refractivity contribution >= 4 is 0 Å². The molecular weight excluding hydrogens is 158 g/mol. The summed E-state index contributed by atoms with van der Waals surface area (Å²) in [7, 11) is 0. The molecule has 0 aliphatic heterocycles. The monoisotopic (exact) mass is 183 g/mol. The van der Waals surface area contributed by atoms with Crippen molar-refractivity contribution in [2.24, 2.45) is 23.7 Å². The molecule has 0 spiro atoms. The lowest BCUT2D eigenvalue weighted by Gasteiger charge is -2.20. The fourth-order valence-electron chi connectivity index (χ4n) is 1.87. The third-order valence-corrected chi connectivity index (χ3v) is 3.28. The first-order valence-corrected chi connectivity index (χ1v) is 5.82. The lowest BCUT2D eigenvalue weighted by Crippen LogP contribution is -2.28. The fourth-order valence-corrected chi connectivity index (χ4v) is 1.87. The highest BCUT2D eigenvalue weighted by molar-refractivity contribution is 4.82. The summed E-state index contributed by atoms with van der Waals surface area (Å²) < 4.78 is 0. The molecule has 0 heterocycles. The number of rotatable bonds is 6. The van der Waals surface area contributed by atoms with Crippen LogP contribution in [-0.4, -0.2) is 13.1 Å². The van der Waals surface area contributed by atoms with Crippen LogP contribution < -0.4 is 5.32 Å². The second-order valence-corrected chi connectivity index (χ2v) is 5.23. The molecule has 78 valence electrons. The molecule has 0 aromatic heterocycles. The Morgan fingerprint density at radius 3 is 2.15 bits per heavy atom. The second kappa shape index (κ2) is 4.99. The summed E-state index contributed by atoms with van der Waals surface area (Å²) in [4.78, 5) is 0. The Hall–Kier alpha value is -0.0400. The topological polar surface area (TPSA) is 12.0 Å². The van der Waals surface area contributed by atoms with Crippen LogP contribution in [-0.2, 0) is 0 Å².